The summed E-state index contributed by atoms with van der Waals surface area (Å²) < 4.78 is 1.87. The Morgan fingerprint density at radius 2 is 2.08 bits per heavy atom. The number of hydrogen-bond acceptors (Lipinski definition) is 5. The molecule has 7 nitrogen and oxygen atoms in total. The lowest BCUT2D eigenvalue weighted by Gasteiger charge is -2.32. The van der Waals surface area contributed by atoms with Gasteiger partial charge in [-0.15, -0.1) is 10.2 Å². The van der Waals surface area contributed by atoms with E-state index >= 15 is 0 Å². The number of piperidine rings is 1. The maximum absolute atomic E-state index is 12.6. The molecule has 2 aromatic rings. The summed E-state index contributed by atoms with van der Waals surface area (Å²) in [5.74, 6) is 1.78. The average Bonchev–Trinajstić information content (AvgIpc) is 3.02. The van der Waals surface area contributed by atoms with Crippen molar-refractivity contribution in [3.63, 3.8) is 0 Å². The number of likely N-dealkylation sites (N-methyl/N-ethyl adjacent to an activating group) is 1. The van der Waals surface area contributed by atoms with Gasteiger partial charge in [-0.2, -0.15) is 0 Å². The lowest BCUT2D eigenvalue weighted by Crippen LogP contribution is -2.43. The van der Waals surface area contributed by atoms with Crippen LogP contribution >= 0.6 is 0 Å². The van der Waals surface area contributed by atoms with Crippen LogP contribution in [0.5, 0.6) is 0 Å². The van der Waals surface area contributed by atoms with Crippen molar-refractivity contribution in [2.45, 2.75) is 25.4 Å². The van der Waals surface area contributed by atoms with Crippen LogP contribution in [0.4, 0.5) is 5.69 Å². The summed E-state index contributed by atoms with van der Waals surface area (Å²) in [6.45, 7) is 1.98. The highest BCUT2D eigenvalue weighted by atomic mass is 16.3. The second-order valence-electron chi connectivity index (χ2n) is 6.55. The Bertz CT molecular complexity index is 716. The van der Waals surface area contributed by atoms with Crippen LogP contribution in [0.25, 0.3) is 0 Å². The van der Waals surface area contributed by atoms with Crippen LogP contribution in [0.15, 0.2) is 30.3 Å². The molecule has 1 aliphatic rings. The normalized spacial score (nSPS) is 18.3. The van der Waals surface area contributed by atoms with Crippen LogP contribution in [-0.2, 0) is 18.4 Å². The Hall–Kier alpha value is -2.25. The van der Waals surface area contributed by atoms with Crippen LogP contribution in [-0.4, -0.2) is 57.4 Å². The van der Waals surface area contributed by atoms with Gasteiger partial charge in [0.1, 0.15) is 12.4 Å². The molecule has 1 atom stereocenters. The highest BCUT2D eigenvalue weighted by Crippen LogP contribution is 2.26. The van der Waals surface area contributed by atoms with Crippen molar-refractivity contribution < 1.29 is 9.90 Å². The first-order chi connectivity index (χ1) is 12.1. The summed E-state index contributed by atoms with van der Waals surface area (Å²) in [6.07, 6.45) is 2.05. The minimum absolute atomic E-state index is 0.0841. The largest absolute Gasteiger partial charge is 0.388 e. The Morgan fingerprint density at radius 3 is 2.76 bits per heavy atom. The van der Waals surface area contributed by atoms with Gasteiger partial charge >= 0.3 is 0 Å². The number of hydrogen-bond donors (Lipinski definition) is 1. The van der Waals surface area contributed by atoms with Crippen molar-refractivity contribution in [1.82, 2.24) is 19.7 Å². The summed E-state index contributed by atoms with van der Waals surface area (Å²) in [4.78, 5) is 16.5. The number of carbonyl (C=O) groups excluding carboxylic acids is 1. The first-order valence-electron chi connectivity index (χ1n) is 8.63. The van der Waals surface area contributed by atoms with Crippen molar-refractivity contribution >= 4 is 11.6 Å². The number of nitrogens with zero attached hydrogens (tertiary/aromatic N) is 5. The van der Waals surface area contributed by atoms with Crippen LogP contribution in [0.3, 0.4) is 0 Å². The van der Waals surface area contributed by atoms with E-state index in [0.717, 1.165) is 37.4 Å². The maximum Gasteiger partial charge on any atom is 0.240 e. The summed E-state index contributed by atoms with van der Waals surface area (Å²) in [5.41, 5.74) is 0.905. The molecule has 0 bridgehead atoms. The molecule has 7 heteroatoms. The standard InChI is InChI=1S/C18H25N5O2/c1-21(15-8-4-3-5-9-15)17(25)12-23-10-6-7-14(11-23)18-20-19-16(13-24)22(18)2/h3-5,8-9,14,24H,6-7,10-13H2,1-2H3/t14-/m1/s1. The van der Waals surface area contributed by atoms with E-state index in [0.29, 0.717) is 12.4 Å². The van der Waals surface area contributed by atoms with Gasteiger partial charge < -0.3 is 14.6 Å². The molecule has 1 aromatic heterocycles. The fourth-order valence-electron chi connectivity index (χ4n) is 3.37. The molecule has 0 radical (unpaired) electrons. The third kappa shape index (κ3) is 3.88. The van der Waals surface area contributed by atoms with E-state index in [2.05, 4.69) is 15.1 Å². The first kappa shape index (κ1) is 17.6. The first-order valence-corrected chi connectivity index (χ1v) is 8.63. The Kier molecular flexibility index (Phi) is 5.45. The number of aromatic nitrogens is 3. The monoisotopic (exact) mass is 343 g/mol. The zero-order chi connectivity index (χ0) is 17.8. The molecule has 1 saturated heterocycles. The van der Waals surface area contributed by atoms with Crippen LogP contribution in [0, 0.1) is 0 Å². The molecule has 1 N–H and O–H groups in total. The topological polar surface area (TPSA) is 74.5 Å². The molecule has 1 aliphatic heterocycles. The SMILES string of the molecule is CN(C(=O)CN1CCC[C@@H](c2nnc(CO)n2C)C1)c1ccccc1. The van der Waals surface area contributed by atoms with Gasteiger partial charge in [0.15, 0.2) is 5.82 Å². The molecule has 0 aliphatic carbocycles. The number of carbonyl (C=O) groups is 1. The Labute approximate surface area is 147 Å². The third-order valence-corrected chi connectivity index (χ3v) is 4.89. The number of aliphatic hydroxyl groups excluding tert-OH is 1. The van der Waals surface area contributed by atoms with E-state index in [-0.39, 0.29) is 18.4 Å². The molecular weight excluding hydrogens is 318 g/mol. The minimum Gasteiger partial charge on any atom is -0.388 e. The summed E-state index contributed by atoms with van der Waals surface area (Å²) in [7, 11) is 3.70. The van der Waals surface area contributed by atoms with Crippen LogP contribution < -0.4 is 4.90 Å². The molecule has 0 spiro atoms. The molecule has 2 heterocycles. The predicted octanol–water partition coefficient (Wildman–Crippen LogP) is 1.15. The number of amides is 1. The average molecular weight is 343 g/mol. The molecule has 3 rings (SSSR count). The van der Waals surface area contributed by atoms with E-state index < -0.39 is 0 Å². The molecule has 0 unspecified atom stereocenters. The van der Waals surface area contributed by atoms with Gasteiger partial charge in [0.05, 0.1) is 6.54 Å². The Morgan fingerprint density at radius 1 is 1.32 bits per heavy atom. The summed E-state index contributed by atoms with van der Waals surface area (Å²) in [6, 6.07) is 9.68. The van der Waals surface area contributed by atoms with Gasteiger partial charge in [0.2, 0.25) is 5.91 Å². The molecule has 134 valence electrons. The number of para-hydroxylation sites is 1. The van der Waals surface area contributed by atoms with Crippen molar-refractivity contribution in [1.29, 1.82) is 0 Å². The lowest BCUT2D eigenvalue weighted by molar-refractivity contribution is -0.119. The van der Waals surface area contributed by atoms with Crippen LogP contribution in [0.1, 0.15) is 30.4 Å². The number of rotatable bonds is 5. The summed E-state index contributed by atoms with van der Waals surface area (Å²) >= 11 is 0. The summed E-state index contributed by atoms with van der Waals surface area (Å²) in [5, 5.41) is 17.6. The van der Waals surface area contributed by atoms with E-state index in [1.165, 1.54) is 0 Å². The molecule has 0 saturated carbocycles. The second-order valence-corrected chi connectivity index (χ2v) is 6.55. The van der Waals surface area contributed by atoms with E-state index in [1.54, 1.807) is 4.90 Å². The van der Waals surface area contributed by atoms with Gasteiger partial charge in [-0.25, -0.2) is 0 Å². The van der Waals surface area contributed by atoms with Gasteiger partial charge in [-0.3, -0.25) is 9.69 Å². The number of aliphatic hydroxyl groups is 1. The fourth-order valence-corrected chi connectivity index (χ4v) is 3.37. The van der Waals surface area contributed by atoms with E-state index in [1.807, 2.05) is 49.0 Å². The zero-order valence-corrected chi connectivity index (χ0v) is 14.8. The van der Waals surface area contributed by atoms with Crippen molar-refractivity contribution in [3.8, 4) is 0 Å². The zero-order valence-electron chi connectivity index (χ0n) is 14.8. The highest BCUT2D eigenvalue weighted by molar-refractivity contribution is 5.94. The number of likely N-dealkylation sites (tertiary alicyclic amines) is 1. The molecule has 1 fully saturated rings. The quantitative estimate of drug-likeness (QED) is 0.881. The van der Waals surface area contributed by atoms with Gasteiger partial charge in [0, 0.05) is 32.2 Å². The number of anilines is 1. The van der Waals surface area contributed by atoms with Crippen molar-refractivity contribution in [2.75, 3.05) is 31.6 Å². The van der Waals surface area contributed by atoms with Crippen molar-refractivity contribution in [3.05, 3.63) is 42.0 Å². The minimum atomic E-state index is -0.111. The van der Waals surface area contributed by atoms with Crippen molar-refractivity contribution in [2.24, 2.45) is 7.05 Å². The fraction of sp³-hybridized carbons (Fsp3) is 0.500. The van der Waals surface area contributed by atoms with Gasteiger partial charge in [-0.1, -0.05) is 18.2 Å². The molecule has 1 aromatic carbocycles. The number of benzene rings is 1. The maximum atomic E-state index is 12.6. The van der Waals surface area contributed by atoms with E-state index in [4.69, 9.17) is 0 Å². The predicted molar refractivity (Wildman–Crippen MR) is 95.2 cm³/mol. The van der Waals surface area contributed by atoms with E-state index in [9.17, 15) is 9.90 Å². The highest BCUT2D eigenvalue weighted by Gasteiger charge is 2.27. The van der Waals surface area contributed by atoms with Crippen LogP contribution in [0.2, 0.25) is 0 Å². The third-order valence-electron chi connectivity index (χ3n) is 4.89. The second kappa shape index (κ2) is 7.76. The smallest absolute Gasteiger partial charge is 0.240 e. The van der Waals surface area contributed by atoms with Gasteiger partial charge in [-0.05, 0) is 31.5 Å². The molecular formula is C18H25N5O2. The molecule has 25 heavy (non-hydrogen) atoms. The Balaban J connectivity index is 1.63. The lowest BCUT2D eigenvalue weighted by atomic mass is 9.97. The molecule has 1 amide bonds. The van der Waals surface area contributed by atoms with Gasteiger partial charge in [0.25, 0.3) is 0 Å².